The highest BCUT2D eigenvalue weighted by Crippen LogP contribution is 2.16. The summed E-state index contributed by atoms with van der Waals surface area (Å²) < 4.78 is 12.4. The lowest BCUT2D eigenvalue weighted by atomic mass is 10.2. The Morgan fingerprint density at radius 2 is 2.11 bits per heavy atom. The number of hydrogen-bond acceptors (Lipinski definition) is 0. The van der Waals surface area contributed by atoms with Crippen LogP contribution in [0.3, 0.4) is 0 Å². The first kappa shape index (κ1) is 6.56. The fraction of sp³-hybridized carbons (Fsp3) is 0. The van der Waals surface area contributed by atoms with Gasteiger partial charge in [0.2, 0.25) is 0 Å². The first-order valence-corrected chi connectivity index (χ1v) is 2.79. The highest BCUT2D eigenvalue weighted by Gasteiger charge is 1.98. The lowest BCUT2D eigenvalue weighted by Crippen LogP contribution is -1.80. The Bertz CT molecular complexity index is 200. The van der Waals surface area contributed by atoms with Crippen LogP contribution in [0.15, 0.2) is 18.2 Å². The molecule has 0 aliphatic rings. The first-order chi connectivity index (χ1) is 4.22. The van der Waals surface area contributed by atoms with Crippen LogP contribution in [0.4, 0.5) is 4.39 Å². The lowest BCUT2D eigenvalue weighted by molar-refractivity contribution is 0.623. The second kappa shape index (κ2) is 2.36. The zero-order valence-electron chi connectivity index (χ0n) is 4.57. The van der Waals surface area contributed by atoms with E-state index in [1.165, 1.54) is 12.1 Å². The Labute approximate surface area is 58.3 Å². The van der Waals surface area contributed by atoms with Gasteiger partial charge in [-0.05, 0) is 12.1 Å². The maximum absolute atomic E-state index is 12.4. The molecule has 0 atom stereocenters. The largest absolute Gasteiger partial charge is 0.207 e. The van der Waals surface area contributed by atoms with Gasteiger partial charge in [0, 0.05) is 17.5 Å². The number of benzene rings is 1. The summed E-state index contributed by atoms with van der Waals surface area (Å²) in [5, 5.41) is 0.259. The fourth-order valence-corrected chi connectivity index (χ4v) is 0.674. The van der Waals surface area contributed by atoms with Gasteiger partial charge in [0.05, 0.1) is 0 Å². The highest BCUT2D eigenvalue weighted by atomic mass is 35.5. The van der Waals surface area contributed by atoms with E-state index in [1.807, 2.05) is 0 Å². The summed E-state index contributed by atoms with van der Waals surface area (Å²) in [6.45, 7) is 5.17. The van der Waals surface area contributed by atoms with Crippen LogP contribution in [0.2, 0.25) is 5.02 Å². The van der Waals surface area contributed by atoms with Gasteiger partial charge in [0.1, 0.15) is 5.82 Å². The highest BCUT2D eigenvalue weighted by molar-refractivity contribution is 6.31. The molecule has 0 saturated heterocycles. The molecule has 46 valence electrons. The summed E-state index contributed by atoms with van der Waals surface area (Å²) in [6, 6.07) is 4.31. The Hall–Kier alpha value is -0.560. The van der Waals surface area contributed by atoms with Gasteiger partial charge in [-0.3, -0.25) is 0 Å². The average molecular weight is 143 g/mol. The Kier molecular flexibility index (Phi) is 1.72. The third kappa shape index (κ3) is 1.22. The monoisotopic (exact) mass is 142 g/mol. The number of hydrogen-bond donors (Lipinski definition) is 0. The topological polar surface area (TPSA) is 0 Å². The number of halogens is 2. The molecule has 9 heavy (non-hydrogen) atoms. The molecule has 0 aliphatic heterocycles. The Morgan fingerprint density at radius 3 is 2.56 bits per heavy atom. The third-order valence-corrected chi connectivity index (χ3v) is 1.33. The first-order valence-electron chi connectivity index (χ1n) is 2.41. The van der Waals surface area contributed by atoms with Gasteiger partial charge in [-0.25, -0.2) is 4.39 Å². The van der Waals surface area contributed by atoms with Crippen LogP contribution in [0.5, 0.6) is 0 Å². The van der Waals surface area contributed by atoms with Gasteiger partial charge in [-0.15, -0.1) is 0 Å². The summed E-state index contributed by atoms with van der Waals surface area (Å²) in [6.07, 6.45) is 0. The van der Waals surface area contributed by atoms with Crippen molar-refractivity contribution in [2.45, 2.75) is 0 Å². The summed E-state index contributed by atoms with van der Waals surface area (Å²) >= 11 is 5.45. The molecular weight excluding hydrogens is 139 g/mol. The quantitative estimate of drug-likeness (QED) is 0.522. The SMILES string of the molecule is [CH]c1c(F)cccc1Cl. The lowest BCUT2D eigenvalue weighted by Gasteiger charge is -1.94. The van der Waals surface area contributed by atoms with Crippen LogP contribution < -0.4 is 0 Å². The summed E-state index contributed by atoms with van der Waals surface area (Å²) in [5.74, 6) is -0.470. The molecule has 0 aliphatic carbocycles. The minimum Gasteiger partial charge on any atom is -0.207 e. The molecule has 0 heterocycles. The van der Waals surface area contributed by atoms with Crippen molar-refractivity contribution in [3.05, 3.63) is 41.5 Å². The smallest absolute Gasteiger partial charge is 0.128 e. The van der Waals surface area contributed by atoms with Crippen molar-refractivity contribution in [2.75, 3.05) is 0 Å². The molecule has 0 N–H and O–H groups in total. The summed E-state index contributed by atoms with van der Waals surface area (Å²) in [5.41, 5.74) is 0.0131. The van der Waals surface area contributed by atoms with E-state index in [2.05, 4.69) is 0 Å². The molecule has 0 unspecified atom stereocenters. The molecule has 0 aromatic heterocycles. The molecule has 0 spiro atoms. The van der Waals surface area contributed by atoms with Crippen molar-refractivity contribution in [2.24, 2.45) is 0 Å². The van der Waals surface area contributed by atoms with Crippen LogP contribution in [-0.2, 0) is 0 Å². The molecule has 0 saturated carbocycles. The molecule has 1 rings (SSSR count). The second-order valence-corrected chi connectivity index (χ2v) is 2.04. The standard InChI is InChI=1S/C7H4ClF/c1-5-6(8)3-2-4-7(5)9/h1-4H. The normalized spacial score (nSPS) is 9.67. The minimum absolute atomic E-state index is 0.0131. The molecule has 2 heteroatoms. The van der Waals surface area contributed by atoms with Crippen LogP contribution in [-0.4, -0.2) is 0 Å². The third-order valence-electron chi connectivity index (χ3n) is 1.000. The van der Waals surface area contributed by atoms with Crippen molar-refractivity contribution in [3.63, 3.8) is 0 Å². The summed E-state index contributed by atoms with van der Waals surface area (Å²) in [4.78, 5) is 0. The zero-order chi connectivity index (χ0) is 6.85. The fourth-order valence-electron chi connectivity index (χ4n) is 0.511. The minimum atomic E-state index is -0.470. The maximum Gasteiger partial charge on any atom is 0.128 e. The van der Waals surface area contributed by atoms with Crippen molar-refractivity contribution in [1.82, 2.24) is 0 Å². The Morgan fingerprint density at radius 1 is 1.44 bits per heavy atom. The second-order valence-electron chi connectivity index (χ2n) is 1.64. The van der Waals surface area contributed by atoms with E-state index < -0.39 is 5.82 Å². The molecule has 1 aromatic rings. The van der Waals surface area contributed by atoms with E-state index >= 15 is 0 Å². The van der Waals surface area contributed by atoms with Crippen molar-refractivity contribution < 1.29 is 4.39 Å². The predicted octanol–water partition coefficient (Wildman–Crippen LogP) is 2.54. The van der Waals surface area contributed by atoms with Gasteiger partial charge in [-0.1, -0.05) is 17.7 Å². The molecule has 0 nitrogen and oxygen atoms in total. The average Bonchev–Trinajstić information content (AvgIpc) is 1.83. The maximum atomic E-state index is 12.4. The number of rotatable bonds is 0. The Balaban J connectivity index is 3.25. The van der Waals surface area contributed by atoms with Gasteiger partial charge < -0.3 is 0 Å². The van der Waals surface area contributed by atoms with Gasteiger partial charge >= 0.3 is 0 Å². The van der Waals surface area contributed by atoms with Gasteiger partial charge in [0.15, 0.2) is 0 Å². The van der Waals surface area contributed by atoms with E-state index in [9.17, 15) is 4.39 Å². The predicted molar refractivity (Wildman–Crippen MR) is 34.8 cm³/mol. The van der Waals surface area contributed by atoms with E-state index in [4.69, 9.17) is 18.5 Å². The van der Waals surface area contributed by atoms with E-state index in [1.54, 1.807) is 6.07 Å². The van der Waals surface area contributed by atoms with Gasteiger partial charge in [-0.2, -0.15) is 0 Å². The van der Waals surface area contributed by atoms with Crippen molar-refractivity contribution >= 4 is 11.6 Å². The van der Waals surface area contributed by atoms with Crippen LogP contribution in [0.1, 0.15) is 5.56 Å². The van der Waals surface area contributed by atoms with Crippen LogP contribution in [0, 0.1) is 12.7 Å². The molecule has 0 amide bonds. The summed E-state index contributed by atoms with van der Waals surface area (Å²) in [7, 11) is 0. The molecule has 1 aromatic carbocycles. The van der Waals surface area contributed by atoms with Crippen LogP contribution in [0.25, 0.3) is 0 Å². The zero-order valence-corrected chi connectivity index (χ0v) is 5.32. The molecule has 2 radical (unpaired) electrons. The molecular formula is C7H4ClF. The van der Waals surface area contributed by atoms with Crippen molar-refractivity contribution in [1.29, 1.82) is 0 Å². The van der Waals surface area contributed by atoms with Crippen molar-refractivity contribution in [3.8, 4) is 0 Å². The van der Waals surface area contributed by atoms with E-state index in [-0.39, 0.29) is 10.6 Å². The molecule has 0 fully saturated rings. The van der Waals surface area contributed by atoms with E-state index in [0.717, 1.165) is 0 Å². The van der Waals surface area contributed by atoms with E-state index in [0.29, 0.717) is 0 Å². The molecule has 0 bridgehead atoms. The van der Waals surface area contributed by atoms with Gasteiger partial charge in [0.25, 0.3) is 0 Å². The van der Waals surface area contributed by atoms with Crippen LogP contribution >= 0.6 is 11.6 Å².